The molecule has 1 aliphatic rings. The minimum atomic E-state index is -0.224. The van der Waals surface area contributed by atoms with Gasteiger partial charge in [0.05, 0.1) is 12.1 Å². The molecular formula is C14H17ClO2. The maximum Gasteiger partial charge on any atom is 0.170 e. The van der Waals surface area contributed by atoms with E-state index < -0.39 is 0 Å². The van der Waals surface area contributed by atoms with Crippen molar-refractivity contribution >= 4 is 17.4 Å². The molecule has 0 radical (unpaired) electrons. The second kappa shape index (κ2) is 4.69. The van der Waals surface area contributed by atoms with E-state index >= 15 is 0 Å². The van der Waals surface area contributed by atoms with Crippen LogP contribution in [-0.4, -0.2) is 12.9 Å². The summed E-state index contributed by atoms with van der Waals surface area (Å²) in [4.78, 5) is 12.5. The largest absolute Gasteiger partial charge is 0.497 e. The van der Waals surface area contributed by atoms with Crippen LogP contribution in [0.1, 0.15) is 43.0 Å². The molecule has 0 atom stereocenters. The molecule has 1 saturated carbocycles. The molecule has 0 aromatic heterocycles. The molecule has 0 spiro atoms. The minimum Gasteiger partial charge on any atom is -0.497 e. The van der Waals surface area contributed by atoms with Gasteiger partial charge in [0.15, 0.2) is 5.78 Å². The van der Waals surface area contributed by atoms with Crippen molar-refractivity contribution in [2.45, 2.75) is 32.6 Å². The van der Waals surface area contributed by atoms with Crippen LogP contribution in [0.5, 0.6) is 5.75 Å². The van der Waals surface area contributed by atoms with Gasteiger partial charge >= 0.3 is 0 Å². The number of rotatable bonds is 3. The van der Waals surface area contributed by atoms with Gasteiger partial charge in [-0.1, -0.05) is 31.4 Å². The highest BCUT2D eigenvalue weighted by Crippen LogP contribution is 2.41. The van der Waals surface area contributed by atoms with Crippen LogP contribution >= 0.6 is 11.6 Å². The quantitative estimate of drug-likeness (QED) is 0.757. The van der Waals surface area contributed by atoms with E-state index in [2.05, 4.69) is 0 Å². The number of ketones is 1. The van der Waals surface area contributed by atoms with Crippen molar-refractivity contribution < 1.29 is 9.53 Å². The van der Waals surface area contributed by atoms with E-state index in [1.165, 1.54) is 0 Å². The molecule has 0 saturated heterocycles. The Morgan fingerprint density at radius 3 is 2.53 bits per heavy atom. The van der Waals surface area contributed by atoms with Gasteiger partial charge in [-0.05, 0) is 31.0 Å². The number of Topliss-reactive ketones (excluding diaryl/α,β-unsaturated/α-hetero) is 1. The molecule has 1 aromatic rings. The van der Waals surface area contributed by atoms with Crippen LogP contribution in [0.25, 0.3) is 0 Å². The number of hydrogen-bond acceptors (Lipinski definition) is 2. The zero-order valence-corrected chi connectivity index (χ0v) is 11.0. The third-order valence-electron chi connectivity index (χ3n) is 3.68. The lowest BCUT2D eigenvalue weighted by atomic mass is 9.81. The Bertz CT molecular complexity index is 434. The minimum absolute atomic E-state index is 0.169. The van der Waals surface area contributed by atoms with Crippen molar-refractivity contribution in [1.29, 1.82) is 0 Å². The molecule has 0 heterocycles. The Morgan fingerprint density at radius 2 is 2.00 bits per heavy atom. The molecule has 2 rings (SSSR count). The number of ether oxygens (including phenoxy) is 1. The Labute approximate surface area is 107 Å². The fraction of sp³-hybridized carbons (Fsp3) is 0.500. The Hall–Kier alpha value is -1.02. The lowest BCUT2D eigenvalue weighted by molar-refractivity contribution is 0.0823. The van der Waals surface area contributed by atoms with Gasteiger partial charge in [0.1, 0.15) is 5.75 Å². The van der Waals surface area contributed by atoms with Crippen LogP contribution in [0.15, 0.2) is 18.2 Å². The molecule has 17 heavy (non-hydrogen) atoms. The lowest BCUT2D eigenvalue weighted by Crippen LogP contribution is -2.24. The molecule has 3 heteroatoms. The molecule has 0 unspecified atom stereocenters. The van der Waals surface area contributed by atoms with Crippen LogP contribution in [-0.2, 0) is 0 Å². The third-order valence-corrected chi connectivity index (χ3v) is 3.99. The number of methoxy groups -OCH3 is 1. The molecule has 1 aliphatic carbocycles. The smallest absolute Gasteiger partial charge is 0.170 e. The summed E-state index contributed by atoms with van der Waals surface area (Å²) >= 11 is 6.14. The summed E-state index contributed by atoms with van der Waals surface area (Å²) in [5.41, 5.74) is 0.398. The number of benzene rings is 1. The standard InChI is InChI=1S/C14H17ClO2/c1-14(7-3-4-8-14)13(16)11-6-5-10(17-2)9-12(11)15/h5-6,9H,3-4,7-8H2,1-2H3. The first-order valence-electron chi connectivity index (χ1n) is 5.95. The first-order valence-corrected chi connectivity index (χ1v) is 6.33. The number of carbonyl (C=O) groups is 1. The third kappa shape index (κ3) is 2.32. The topological polar surface area (TPSA) is 26.3 Å². The second-order valence-electron chi connectivity index (χ2n) is 4.94. The second-order valence-corrected chi connectivity index (χ2v) is 5.35. The Balaban J connectivity index is 2.31. The summed E-state index contributed by atoms with van der Waals surface area (Å²) in [5.74, 6) is 0.853. The zero-order valence-electron chi connectivity index (χ0n) is 10.3. The van der Waals surface area contributed by atoms with Gasteiger partial charge in [-0.3, -0.25) is 4.79 Å². The van der Waals surface area contributed by atoms with Crippen molar-refractivity contribution in [3.8, 4) is 5.75 Å². The van der Waals surface area contributed by atoms with Gasteiger partial charge in [-0.2, -0.15) is 0 Å². The normalized spacial score (nSPS) is 18.1. The molecule has 0 N–H and O–H groups in total. The zero-order chi connectivity index (χ0) is 12.5. The van der Waals surface area contributed by atoms with E-state index in [1.54, 1.807) is 25.3 Å². The van der Waals surface area contributed by atoms with E-state index in [0.29, 0.717) is 16.3 Å². The van der Waals surface area contributed by atoms with Gasteiger partial charge in [-0.25, -0.2) is 0 Å². The van der Waals surface area contributed by atoms with E-state index in [0.717, 1.165) is 25.7 Å². The van der Waals surface area contributed by atoms with Gasteiger partial charge in [0.2, 0.25) is 0 Å². The van der Waals surface area contributed by atoms with E-state index in [4.69, 9.17) is 16.3 Å². The summed E-state index contributed by atoms with van der Waals surface area (Å²) < 4.78 is 5.08. The number of hydrogen-bond donors (Lipinski definition) is 0. The first-order chi connectivity index (χ1) is 8.07. The lowest BCUT2D eigenvalue weighted by Gasteiger charge is -2.22. The molecule has 0 amide bonds. The maximum absolute atomic E-state index is 12.5. The first kappa shape index (κ1) is 12.4. The Morgan fingerprint density at radius 1 is 1.35 bits per heavy atom. The highest BCUT2D eigenvalue weighted by atomic mass is 35.5. The maximum atomic E-state index is 12.5. The van der Waals surface area contributed by atoms with Gasteiger partial charge < -0.3 is 4.74 Å². The molecule has 2 nitrogen and oxygen atoms in total. The van der Waals surface area contributed by atoms with Gasteiger partial charge in [-0.15, -0.1) is 0 Å². The van der Waals surface area contributed by atoms with E-state index in [9.17, 15) is 4.79 Å². The predicted molar refractivity (Wildman–Crippen MR) is 68.9 cm³/mol. The average molecular weight is 253 g/mol. The summed E-state index contributed by atoms with van der Waals surface area (Å²) in [6.45, 7) is 2.04. The highest BCUT2D eigenvalue weighted by molar-refractivity contribution is 6.34. The molecular weight excluding hydrogens is 236 g/mol. The summed E-state index contributed by atoms with van der Waals surface area (Å²) in [7, 11) is 1.59. The van der Waals surface area contributed by atoms with Crippen molar-refractivity contribution in [2.75, 3.05) is 7.11 Å². The molecule has 1 fully saturated rings. The van der Waals surface area contributed by atoms with Crippen molar-refractivity contribution in [2.24, 2.45) is 5.41 Å². The van der Waals surface area contributed by atoms with Crippen LogP contribution < -0.4 is 4.74 Å². The SMILES string of the molecule is COc1ccc(C(=O)C2(C)CCCC2)c(Cl)c1. The number of halogens is 1. The van der Waals surface area contributed by atoms with Gasteiger partial charge in [0, 0.05) is 11.0 Å². The Kier molecular flexibility index (Phi) is 3.43. The molecule has 0 bridgehead atoms. The average Bonchev–Trinajstić information content (AvgIpc) is 2.76. The highest BCUT2D eigenvalue weighted by Gasteiger charge is 2.37. The molecule has 1 aromatic carbocycles. The van der Waals surface area contributed by atoms with Crippen LogP contribution in [0.2, 0.25) is 5.02 Å². The van der Waals surface area contributed by atoms with Crippen LogP contribution in [0.4, 0.5) is 0 Å². The summed E-state index contributed by atoms with van der Waals surface area (Å²) in [6.07, 6.45) is 4.20. The van der Waals surface area contributed by atoms with Crippen LogP contribution in [0, 0.1) is 5.41 Å². The van der Waals surface area contributed by atoms with E-state index in [-0.39, 0.29) is 11.2 Å². The monoisotopic (exact) mass is 252 g/mol. The number of carbonyl (C=O) groups excluding carboxylic acids is 1. The van der Waals surface area contributed by atoms with Crippen molar-refractivity contribution in [3.05, 3.63) is 28.8 Å². The predicted octanol–water partition coefficient (Wildman–Crippen LogP) is 4.11. The fourth-order valence-electron chi connectivity index (χ4n) is 2.51. The van der Waals surface area contributed by atoms with Crippen molar-refractivity contribution in [3.63, 3.8) is 0 Å². The molecule has 0 aliphatic heterocycles. The van der Waals surface area contributed by atoms with Crippen molar-refractivity contribution in [1.82, 2.24) is 0 Å². The van der Waals surface area contributed by atoms with Gasteiger partial charge in [0.25, 0.3) is 0 Å². The summed E-state index contributed by atoms with van der Waals surface area (Å²) in [6, 6.07) is 5.26. The molecule has 92 valence electrons. The summed E-state index contributed by atoms with van der Waals surface area (Å²) in [5, 5.41) is 0.488. The fourth-order valence-corrected chi connectivity index (χ4v) is 2.77. The van der Waals surface area contributed by atoms with E-state index in [1.807, 2.05) is 6.92 Å². The van der Waals surface area contributed by atoms with Crippen LogP contribution in [0.3, 0.4) is 0 Å².